The number of hydrogen-bond donors (Lipinski definition) is 1. The molecule has 0 atom stereocenters. The summed E-state index contributed by atoms with van der Waals surface area (Å²) in [5.41, 5.74) is 3.83. The van der Waals surface area contributed by atoms with Crippen molar-refractivity contribution in [3.8, 4) is 5.75 Å². The third-order valence-corrected chi connectivity index (χ3v) is 3.47. The maximum atomic E-state index is 5.90. The normalized spacial score (nSPS) is 10.8. The van der Waals surface area contributed by atoms with Crippen molar-refractivity contribution in [2.24, 2.45) is 0 Å². The van der Waals surface area contributed by atoms with Crippen molar-refractivity contribution < 1.29 is 9.47 Å². The van der Waals surface area contributed by atoms with E-state index in [9.17, 15) is 0 Å². The second-order valence-corrected chi connectivity index (χ2v) is 5.36. The lowest BCUT2D eigenvalue weighted by Crippen LogP contribution is -2.18. The summed E-state index contributed by atoms with van der Waals surface area (Å²) in [4.78, 5) is 0. The highest BCUT2D eigenvalue weighted by molar-refractivity contribution is 5.41. The van der Waals surface area contributed by atoms with E-state index in [0.29, 0.717) is 0 Å². The van der Waals surface area contributed by atoms with E-state index in [1.807, 2.05) is 0 Å². The van der Waals surface area contributed by atoms with Gasteiger partial charge in [0.05, 0.1) is 6.61 Å². The van der Waals surface area contributed by atoms with Gasteiger partial charge in [-0.25, -0.2) is 0 Å². The Labute approximate surface area is 123 Å². The fourth-order valence-electron chi connectivity index (χ4n) is 2.15. The predicted octanol–water partition coefficient (Wildman–Crippen LogP) is 3.40. The molecule has 1 aromatic carbocycles. The Hall–Kier alpha value is -1.06. The van der Waals surface area contributed by atoms with Crippen LogP contribution in [0.3, 0.4) is 0 Å². The summed E-state index contributed by atoms with van der Waals surface area (Å²) < 4.78 is 10.9. The Bertz CT molecular complexity index is 391. The summed E-state index contributed by atoms with van der Waals surface area (Å²) in [6, 6.07) is 4.33. The molecular formula is C17H29NO2. The zero-order valence-corrected chi connectivity index (χ0v) is 13.4. The highest BCUT2D eigenvalue weighted by atomic mass is 16.5. The highest BCUT2D eigenvalue weighted by Crippen LogP contribution is 2.23. The van der Waals surface area contributed by atoms with E-state index < -0.39 is 0 Å². The standard InChI is InChI=1S/C17H29NO2/c1-14-12-15(2)16(3)17(13-14)20-11-6-5-8-18-9-7-10-19-4/h12-13,18H,5-11H2,1-4H3. The van der Waals surface area contributed by atoms with Crippen molar-refractivity contribution in [3.63, 3.8) is 0 Å². The van der Waals surface area contributed by atoms with Gasteiger partial charge in [0.25, 0.3) is 0 Å². The SMILES string of the molecule is COCCCNCCCCOc1cc(C)cc(C)c1C. The average Bonchev–Trinajstić information content (AvgIpc) is 2.42. The fourth-order valence-corrected chi connectivity index (χ4v) is 2.15. The van der Waals surface area contributed by atoms with Gasteiger partial charge in [0.1, 0.15) is 5.75 Å². The lowest BCUT2D eigenvalue weighted by Gasteiger charge is -2.12. The van der Waals surface area contributed by atoms with Gasteiger partial charge in [-0.1, -0.05) is 6.07 Å². The minimum Gasteiger partial charge on any atom is -0.493 e. The van der Waals surface area contributed by atoms with Gasteiger partial charge in [0, 0.05) is 13.7 Å². The van der Waals surface area contributed by atoms with Gasteiger partial charge in [-0.15, -0.1) is 0 Å². The van der Waals surface area contributed by atoms with Crippen LogP contribution in [0.5, 0.6) is 5.75 Å². The van der Waals surface area contributed by atoms with Crippen molar-refractivity contribution in [3.05, 3.63) is 28.8 Å². The van der Waals surface area contributed by atoms with Crippen LogP contribution in [-0.2, 0) is 4.74 Å². The first kappa shape index (κ1) is 17.0. The number of nitrogens with one attached hydrogen (secondary N) is 1. The van der Waals surface area contributed by atoms with Gasteiger partial charge in [0.2, 0.25) is 0 Å². The average molecular weight is 279 g/mol. The Kier molecular flexibility index (Phi) is 8.31. The molecule has 3 heteroatoms. The molecule has 20 heavy (non-hydrogen) atoms. The maximum Gasteiger partial charge on any atom is 0.122 e. The quantitative estimate of drug-likeness (QED) is 0.666. The molecule has 0 saturated carbocycles. The highest BCUT2D eigenvalue weighted by Gasteiger charge is 2.03. The molecule has 0 aliphatic carbocycles. The molecule has 0 aliphatic rings. The first-order valence-corrected chi connectivity index (χ1v) is 7.55. The molecule has 0 heterocycles. The van der Waals surface area contributed by atoms with Crippen LogP contribution in [0.15, 0.2) is 12.1 Å². The minimum absolute atomic E-state index is 0.795. The van der Waals surface area contributed by atoms with Gasteiger partial charge in [-0.2, -0.15) is 0 Å². The summed E-state index contributed by atoms with van der Waals surface area (Å²) in [7, 11) is 1.74. The molecule has 1 rings (SSSR count). The van der Waals surface area contributed by atoms with Crippen LogP contribution in [0.2, 0.25) is 0 Å². The van der Waals surface area contributed by atoms with Gasteiger partial charge in [-0.05, 0) is 75.9 Å². The summed E-state index contributed by atoms with van der Waals surface area (Å²) >= 11 is 0. The summed E-state index contributed by atoms with van der Waals surface area (Å²) in [6.45, 7) is 10.1. The third-order valence-electron chi connectivity index (χ3n) is 3.47. The van der Waals surface area contributed by atoms with Crippen LogP contribution in [0.25, 0.3) is 0 Å². The Balaban J connectivity index is 2.13. The van der Waals surface area contributed by atoms with Gasteiger partial charge in [0.15, 0.2) is 0 Å². The first-order chi connectivity index (χ1) is 9.65. The summed E-state index contributed by atoms with van der Waals surface area (Å²) in [5, 5.41) is 3.41. The molecule has 0 bridgehead atoms. The molecule has 0 aromatic heterocycles. The van der Waals surface area contributed by atoms with E-state index in [1.165, 1.54) is 16.7 Å². The maximum absolute atomic E-state index is 5.90. The number of methoxy groups -OCH3 is 1. The number of ether oxygens (including phenoxy) is 2. The van der Waals surface area contributed by atoms with Crippen molar-refractivity contribution in [2.75, 3.05) is 33.4 Å². The van der Waals surface area contributed by atoms with E-state index >= 15 is 0 Å². The largest absolute Gasteiger partial charge is 0.493 e. The molecule has 114 valence electrons. The summed E-state index contributed by atoms with van der Waals surface area (Å²) in [5.74, 6) is 1.04. The molecule has 1 aromatic rings. The Morgan fingerprint density at radius 2 is 1.70 bits per heavy atom. The zero-order valence-electron chi connectivity index (χ0n) is 13.4. The predicted molar refractivity (Wildman–Crippen MR) is 84.7 cm³/mol. The molecule has 0 fully saturated rings. The molecule has 0 unspecified atom stereocenters. The second kappa shape index (κ2) is 9.78. The zero-order chi connectivity index (χ0) is 14.8. The minimum atomic E-state index is 0.795. The molecular weight excluding hydrogens is 250 g/mol. The van der Waals surface area contributed by atoms with Crippen molar-refractivity contribution >= 4 is 0 Å². The molecule has 0 aliphatic heterocycles. The van der Waals surface area contributed by atoms with Crippen LogP contribution in [0, 0.1) is 20.8 Å². The Morgan fingerprint density at radius 3 is 2.45 bits per heavy atom. The van der Waals surface area contributed by atoms with Crippen molar-refractivity contribution in [1.82, 2.24) is 5.32 Å². The van der Waals surface area contributed by atoms with E-state index in [-0.39, 0.29) is 0 Å². The monoisotopic (exact) mass is 279 g/mol. The molecule has 1 N–H and O–H groups in total. The molecule has 0 spiro atoms. The van der Waals surface area contributed by atoms with Crippen LogP contribution < -0.4 is 10.1 Å². The van der Waals surface area contributed by atoms with Crippen LogP contribution in [0.1, 0.15) is 36.0 Å². The van der Waals surface area contributed by atoms with Crippen LogP contribution in [-0.4, -0.2) is 33.4 Å². The number of benzene rings is 1. The summed E-state index contributed by atoms with van der Waals surface area (Å²) in [6.07, 6.45) is 3.31. The number of hydrogen-bond acceptors (Lipinski definition) is 3. The first-order valence-electron chi connectivity index (χ1n) is 7.55. The van der Waals surface area contributed by atoms with Crippen molar-refractivity contribution in [1.29, 1.82) is 0 Å². The van der Waals surface area contributed by atoms with Gasteiger partial charge >= 0.3 is 0 Å². The Morgan fingerprint density at radius 1 is 0.950 bits per heavy atom. The van der Waals surface area contributed by atoms with Crippen LogP contribution >= 0.6 is 0 Å². The topological polar surface area (TPSA) is 30.5 Å². The lowest BCUT2D eigenvalue weighted by molar-refractivity contribution is 0.194. The van der Waals surface area contributed by atoms with Crippen molar-refractivity contribution in [2.45, 2.75) is 40.0 Å². The number of aryl methyl sites for hydroxylation is 2. The van der Waals surface area contributed by atoms with Gasteiger partial charge in [-0.3, -0.25) is 0 Å². The van der Waals surface area contributed by atoms with E-state index in [0.717, 1.165) is 51.3 Å². The molecule has 0 radical (unpaired) electrons. The number of unbranched alkanes of at least 4 members (excludes halogenated alkanes) is 1. The smallest absolute Gasteiger partial charge is 0.122 e. The molecule has 0 saturated heterocycles. The number of rotatable bonds is 10. The fraction of sp³-hybridized carbons (Fsp3) is 0.647. The second-order valence-electron chi connectivity index (χ2n) is 5.36. The lowest BCUT2D eigenvalue weighted by atomic mass is 10.1. The van der Waals surface area contributed by atoms with Crippen LogP contribution in [0.4, 0.5) is 0 Å². The third kappa shape index (κ3) is 6.40. The molecule has 3 nitrogen and oxygen atoms in total. The van der Waals surface area contributed by atoms with E-state index in [2.05, 4.69) is 38.2 Å². The molecule has 0 amide bonds. The van der Waals surface area contributed by atoms with Gasteiger partial charge < -0.3 is 14.8 Å². The van der Waals surface area contributed by atoms with E-state index in [1.54, 1.807) is 7.11 Å². The van der Waals surface area contributed by atoms with E-state index in [4.69, 9.17) is 9.47 Å².